The number of alkyl halides is 3. The van der Waals surface area contributed by atoms with Gasteiger partial charge in [0.1, 0.15) is 5.56 Å². The average Bonchev–Trinajstić information content (AvgIpc) is 2.77. The fraction of sp³-hybridized carbons (Fsp3) is 0.333. The Bertz CT molecular complexity index is 1460. The van der Waals surface area contributed by atoms with Gasteiger partial charge in [-0.15, -0.1) is 10.2 Å². The molecule has 4 rings (SSSR count). The number of hydrogen-bond acceptors (Lipinski definition) is 8. The van der Waals surface area contributed by atoms with E-state index in [1.54, 1.807) is 12.1 Å². The number of rotatable bonds is 7. The highest BCUT2D eigenvalue weighted by molar-refractivity contribution is 7.91. The van der Waals surface area contributed by atoms with E-state index in [1.807, 2.05) is 0 Å². The zero-order valence-corrected chi connectivity index (χ0v) is 21.0. The van der Waals surface area contributed by atoms with Gasteiger partial charge in [-0.1, -0.05) is 12.5 Å². The van der Waals surface area contributed by atoms with Crippen LogP contribution in [0.1, 0.15) is 52.5 Å². The van der Waals surface area contributed by atoms with Crippen molar-refractivity contribution < 1.29 is 31.6 Å². The lowest BCUT2D eigenvalue weighted by atomic mass is 9.83. The van der Waals surface area contributed by atoms with Gasteiger partial charge in [0, 0.05) is 28.5 Å². The standard InChI is InChI=1S/C24H24F3N5O4S/c1-13-19(21(33)29-15-8-5-9-16(12-15)37(3,28)34)23(32-31-20(13)24(25,26)27)36-18-11-10-17(14-6-4-7-14)30-22(18)35-2/h5,8-12,14,28H,4,6-7H2,1-3H3,(H,29,33). The summed E-state index contributed by atoms with van der Waals surface area (Å²) in [6, 6.07) is 8.99. The van der Waals surface area contributed by atoms with Gasteiger partial charge in [-0.2, -0.15) is 13.2 Å². The van der Waals surface area contributed by atoms with Crippen molar-refractivity contribution in [3.05, 3.63) is 58.9 Å². The van der Waals surface area contributed by atoms with E-state index in [0.29, 0.717) is 5.92 Å². The molecule has 2 heterocycles. The molecule has 196 valence electrons. The number of aromatic nitrogens is 3. The van der Waals surface area contributed by atoms with Crippen molar-refractivity contribution in [2.45, 2.75) is 43.2 Å². The minimum absolute atomic E-state index is 0.0509. The molecule has 2 N–H and O–H groups in total. The molecule has 0 radical (unpaired) electrons. The van der Waals surface area contributed by atoms with E-state index >= 15 is 0 Å². The lowest BCUT2D eigenvalue weighted by Gasteiger charge is -2.25. The number of halogens is 3. The number of nitrogens with one attached hydrogen (secondary N) is 2. The molecule has 37 heavy (non-hydrogen) atoms. The van der Waals surface area contributed by atoms with E-state index in [9.17, 15) is 22.2 Å². The molecule has 1 aromatic carbocycles. The predicted molar refractivity (Wildman–Crippen MR) is 129 cm³/mol. The molecule has 1 aliphatic rings. The van der Waals surface area contributed by atoms with Crippen LogP contribution in [0.5, 0.6) is 17.5 Å². The second-order valence-corrected chi connectivity index (χ2v) is 10.8. The second-order valence-electron chi connectivity index (χ2n) is 8.65. The second kappa shape index (κ2) is 9.96. The Morgan fingerprint density at radius 3 is 2.49 bits per heavy atom. The van der Waals surface area contributed by atoms with Gasteiger partial charge >= 0.3 is 6.18 Å². The third-order valence-electron chi connectivity index (χ3n) is 5.99. The van der Waals surface area contributed by atoms with Crippen LogP contribution in [0.2, 0.25) is 0 Å². The Hall–Kier alpha value is -3.74. The minimum atomic E-state index is -4.87. The highest BCUT2D eigenvalue weighted by Crippen LogP contribution is 2.40. The summed E-state index contributed by atoms with van der Waals surface area (Å²) in [6.07, 6.45) is -0.555. The summed E-state index contributed by atoms with van der Waals surface area (Å²) in [5, 5.41) is 9.30. The highest BCUT2D eigenvalue weighted by atomic mass is 32.2. The lowest BCUT2D eigenvalue weighted by molar-refractivity contribution is -0.142. The molecule has 0 aliphatic heterocycles. The topological polar surface area (TPSA) is 127 Å². The lowest BCUT2D eigenvalue weighted by Crippen LogP contribution is -2.21. The monoisotopic (exact) mass is 535 g/mol. The van der Waals surface area contributed by atoms with Crippen LogP contribution in [0.4, 0.5) is 18.9 Å². The van der Waals surface area contributed by atoms with Gasteiger partial charge in [0.2, 0.25) is 0 Å². The van der Waals surface area contributed by atoms with Crippen molar-refractivity contribution in [1.29, 1.82) is 4.78 Å². The summed E-state index contributed by atoms with van der Waals surface area (Å²) >= 11 is 0. The van der Waals surface area contributed by atoms with Gasteiger partial charge in [-0.25, -0.2) is 14.0 Å². The van der Waals surface area contributed by atoms with Gasteiger partial charge in [0.15, 0.2) is 11.4 Å². The number of benzene rings is 1. The van der Waals surface area contributed by atoms with E-state index in [4.69, 9.17) is 14.3 Å². The Kier molecular flexibility index (Phi) is 7.09. The molecule has 0 bridgehead atoms. The van der Waals surface area contributed by atoms with Crippen molar-refractivity contribution in [2.75, 3.05) is 18.7 Å². The first-order valence-electron chi connectivity index (χ1n) is 11.2. The molecule has 13 heteroatoms. The Morgan fingerprint density at radius 1 is 1.16 bits per heavy atom. The molecule has 1 unspecified atom stereocenters. The normalized spacial score (nSPS) is 15.4. The van der Waals surface area contributed by atoms with Gasteiger partial charge in [0.05, 0.1) is 16.8 Å². The number of ether oxygens (including phenoxy) is 2. The van der Waals surface area contributed by atoms with Crippen LogP contribution in [0, 0.1) is 11.7 Å². The maximum atomic E-state index is 13.6. The fourth-order valence-corrected chi connectivity index (χ4v) is 4.51. The molecule has 3 aromatic rings. The van der Waals surface area contributed by atoms with E-state index in [2.05, 4.69) is 20.5 Å². The molecule has 0 saturated heterocycles. The minimum Gasteiger partial charge on any atom is -0.478 e. The Balaban J connectivity index is 1.74. The zero-order valence-electron chi connectivity index (χ0n) is 20.2. The van der Waals surface area contributed by atoms with E-state index in [-0.39, 0.29) is 22.2 Å². The van der Waals surface area contributed by atoms with Crippen LogP contribution >= 0.6 is 0 Å². The SMILES string of the molecule is COc1nc(C2CCC2)ccc1Oc1nnc(C(F)(F)F)c(C)c1C(=O)Nc1cccc(S(C)(=N)=O)c1. The number of carbonyl (C=O) groups is 1. The summed E-state index contributed by atoms with van der Waals surface area (Å²) in [5.74, 6) is -0.994. The fourth-order valence-electron chi connectivity index (χ4n) is 3.82. The predicted octanol–water partition coefficient (Wildman–Crippen LogP) is 5.55. The number of amides is 1. The van der Waals surface area contributed by atoms with Crippen LogP contribution < -0.4 is 14.8 Å². The third kappa shape index (κ3) is 5.66. The van der Waals surface area contributed by atoms with E-state index in [1.165, 1.54) is 37.6 Å². The maximum Gasteiger partial charge on any atom is 0.435 e. The maximum absolute atomic E-state index is 13.6. The Morgan fingerprint density at radius 2 is 1.89 bits per heavy atom. The van der Waals surface area contributed by atoms with Crippen LogP contribution in [0.3, 0.4) is 0 Å². The molecule has 1 saturated carbocycles. The molecular formula is C24H24F3N5O4S. The summed E-state index contributed by atoms with van der Waals surface area (Å²) in [5.41, 5.74) is -1.40. The molecule has 0 spiro atoms. The van der Waals surface area contributed by atoms with E-state index in [0.717, 1.165) is 31.9 Å². The van der Waals surface area contributed by atoms with Crippen molar-refractivity contribution in [3.63, 3.8) is 0 Å². The molecular weight excluding hydrogens is 511 g/mol. The molecule has 1 fully saturated rings. The Labute approximate surface area is 211 Å². The molecule has 1 atom stereocenters. The molecule has 1 amide bonds. The van der Waals surface area contributed by atoms with Crippen molar-refractivity contribution in [2.24, 2.45) is 0 Å². The summed E-state index contributed by atoms with van der Waals surface area (Å²) in [4.78, 5) is 17.8. The van der Waals surface area contributed by atoms with Crippen LogP contribution in [-0.2, 0) is 15.9 Å². The first-order valence-corrected chi connectivity index (χ1v) is 13.2. The van der Waals surface area contributed by atoms with Crippen molar-refractivity contribution in [1.82, 2.24) is 15.2 Å². The largest absolute Gasteiger partial charge is 0.478 e. The number of nitrogens with zero attached hydrogens (tertiary/aromatic N) is 3. The smallest absolute Gasteiger partial charge is 0.435 e. The molecule has 1 aliphatic carbocycles. The van der Waals surface area contributed by atoms with Crippen molar-refractivity contribution in [3.8, 4) is 17.5 Å². The zero-order chi connectivity index (χ0) is 27.0. The summed E-state index contributed by atoms with van der Waals surface area (Å²) in [6.45, 7) is 1.09. The third-order valence-corrected chi connectivity index (χ3v) is 7.15. The number of pyridine rings is 1. The first-order chi connectivity index (χ1) is 17.4. The average molecular weight is 536 g/mol. The summed E-state index contributed by atoms with van der Waals surface area (Å²) in [7, 11) is -1.72. The number of methoxy groups -OCH3 is 1. The first kappa shape index (κ1) is 26.3. The number of hydrogen-bond donors (Lipinski definition) is 2. The van der Waals surface area contributed by atoms with Crippen LogP contribution in [0.15, 0.2) is 41.3 Å². The molecule has 9 nitrogen and oxygen atoms in total. The van der Waals surface area contributed by atoms with E-state index < -0.39 is 44.5 Å². The van der Waals surface area contributed by atoms with Crippen molar-refractivity contribution >= 4 is 21.3 Å². The van der Waals surface area contributed by atoms with Gasteiger partial charge < -0.3 is 14.8 Å². The highest BCUT2D eigenvalue weighted by Gasteiger charge is 2.38. The van der Waals surface area contributed by atoms with Crippen LogP contribution in [-0.4, -0.2) is 38.7 Å². The number of anilines is 1. The van der Waals surface area contributed by atoms with Gasteiger partial charge in [-0.05, 0) is 55.7 Å². The number of carbonyl (C=O) groups excluding carboxylic acids is 1. The van der Waals surface area contributed by atoms with Crippen LogP contribution in [0.25, 0.3) is 0 Å². The van der Waals surface area contributed by atoms with Gasteiger partial charge in [0.25, 0.3) is 17.7 Å². The summed E-state index contributed by atoms with van der Waals surface area (Å²) < 4.78 is 71.6. The van der Waals surface area contributed by atoms with Gasteiger partial charge in [-0.3, -0.25) is 4.79 Å². The quantitative estimate of drug-likeness (QED) is 0.406. The molecule has 2 aromatic heterocycles.